The van der Waals surface area contributed by atoms with Crippen molar-refractivity contribution in [1.82, 2.24) is 5.32 Å². The van der Waals surface area contributed by atoms with Gasteiger partial charge in [0.15, 0.2) is 0 Å². The van der Waals surface area contributed by atoms with Gasteiger partial charge >= 0.3 is 5.97 Å². The first-order valence-corrected chi connectivity index (χ1v) is 12.7. The Morgan fingerprint density at radius 3 is 2.47 bits per heavy atom. The second-order valence-corrected chi connectivity index (χ2v) is 11.7. The Bertz CT molecular complexity index is 751. The Balaban J connectivity index is 2.33. The van der Waals surface area contributed by atoms with E-state index in [-0.39, 0.29) is 34.2 Å². The predicted molar refractivity (Wildman–Crippen MR) is 129 cm³/mol. The Morgan fingerprint density at radius 2 is 1.91 bits per heavy atom. The quantitative estimate of drug-likeness (QED) is 0.385. The molecule has 0 heterocycles. The van der Waals surface area contributed by atoms with Gasteiger partial charge in [0.2, 0.25) is 5.91 Å². The Labute approximate surface area is 196 Å². The van der Waals surface area contributed by atoms with E-state index in [2.05, 4.69) is 38.7 Å². The number of thioether (sulfide) groups is 1. The molecule has 2 aliphatic carbocycles. The molecule has 6 nitrogen and oxygen atoms in total. The van der Waals surface area contributed by atoms with Gasteiger partial charge in [-0.15, -0.1) is 0 Å². The van der Waals surface area contributed by atoms with Crippen molar-refractivity contribution < 1.29 is 24.9 Å². The zero-order valence-electron chi connectivity index (χ0n) is 20.2. The molecular formula is C25H41NO5S. The van der Waals surface area contributed by atoms with Crippen LogP contribution < -0.4 is 5.32 Å². The number of carbonyl (C=O) groups excluding carboxylic acids is 1. The third kappa shape index (κ3) is 5.60. The van der Waals surface area contributed by atoms with Gasteiger partial charge in [0.25, 0.3) is 0 Å². The highest BCUT2D eigenvalue weighted by atomic mass is 32.2. The highest BCUT2D eigenvalue weighted by Crippen LogP contribution is 2.63. The van der Waals surface area contributed by atoms with Gasteiger partial charge in [-0.25, -0.2) is 4.79 Å². The van der Waals surface area contributed by atoms with E-state index in [9.17, 15) is 24.9 Å². The molecule has 0 aromatic carbocycles. The van der Waals surface area contributed by atoms with Crippen molar-refractivity contribution in [3.63, 3.8) is 0 Å². The molecule has 0 aromatic rings. The van der Waals surface area contributed by atoms with Crippen LogP contribution in [0.1, 0.15) is 66.7 Å². The number of nitrogens with one attached hydrogen (secondary N) is 1. The molecule has 0 saturated heterocycles. The summed E-state index contributed by atoms with van der Waals surface area (Å²) in [4.78, 5) is 22.8. The predicted octanol–water partition coefficient (Wildman–Crippen LogP) is 3.78. The summed E-state index contributed by atoms with van der Waals surface area (Å²) in [7, 11) is 0. The number of aliphatic hydroxyl groups is 2. The normalized spacial score (nSPS) is 35.5. The molecule has 6 atom stereocenters. The van der Waals surface area contributed by atoms with E-state index in [4.69, 9.17) is 0 Å². The van der Waals surface area contributed by atoms with Gasteiger partial charge in [-0.3, -0.25) is 4.79 Å². The van der Waals surface area contributed by atoms with Crippen LogP contribution >= 0.6 is 11.8 Å². The molecule has 0 radical (unpaired) electrons. The lowest BCUT2D eigenvalue weighted by Gasteiger charge is -2.63. The minimum atomic E-state index is -1.35. The zero-order chi connectivity index (χ0) is 24.3. The van der Waals surface area contributed by atoms with E-state index in [1.165, 1.54) is 18.7 Å². The second-order valence-electron chi connectivity index (χ2n) is 10.7. The van der Waals surface area contributed by atoms with Crippen LogP contribution in [0.25, 0.3) is 0 Å². The third-order valence-electron chi connectivity index (χ3n) is 8.00. The maximum absolute atomic E-state index is 11.9. The Kier molecular flexibility index (Phi) is 8.68. The largest absolute Gasteiger partial charge is 0.480 e. The number of aliphatic carboxylic acids is 1. The molecule has 0 aromatic heterocycles. The summed E-state index contributed by atoms with van der Waals surface area (Å²) >= 11 is 1.28. The molecule has 0 bridgehead atoms. The third-order valence-corrected chi connectivity index (χ3v) is 9.24. The van der Waals surface area contributed by atoms with Gasteiger partial charge < -0.3 is 20.6 Å². The average Bonchev–Trinajstić information content (AvgIpc) is 2.68. The minimum absolute atomic E-state index is 0.0811. The van der Waals surface area contributed by atoms with Gasteiger partial charge in [0.05, 0.1) is 6.10 Å². The summed E-state index contributed by atoms with van der Waals surface area (Å²) in [5.74, 6) is -1.05. The second kappa shape index (κ2) is 10.3. The van der Waals surface area contributed by atoms with Gasteiger partial charge in [0.1, 0.15) is 11.6 Å². The maximum atomic E-state index is 11.9. The fourth-order valence-electron chi connectivity index (χ4n) is 6.22. The summed E-state index contributed by atoms with van der Waals surface area (Å²) in [5, 5.41) is 35.0. The number of carbonyl (C=O) groups is 2. The molecule has 2 fully saturated rings. The fraction of sp³-hybridized carbons (Fsp3) is 0.760. The van der Waals surface area contributed by atoms with Crippen molar-refractivity contribution in [2.75, 3.05) is 11.5 Å². The zero-order valence-corrected chi connectivity index (χ0v) is 21.0. The lowest BCUT2D eigenvalue weighted by Crippen LogP contribution is -2.65. The Hall–Kier alpha value is -1.31. The van der Waals surface area contributed by atoms with Crippen molar-refractivity contribution in [2.45, 2.75) is 84.5 Å². The number of rotatable bonds is 9. The number of aliphatic hydroxyl groups excluding tert-OH is 1. The highest BCUT2D eigenvalue weighted by Gasteiger charge is 2.62. The molecular weight excluding hydrogens is 426 g/mol. The smallest absolute Gasteiger partial charge is 0.327 e. The number of allylic oxidation sites excluding steroid dienone is 3. The summed E-state index contributed by atoms with van der Waals surface area (Å²) in [6.45, 7) is 13.9. The summed E-state index contributed by atoms with van der Waals surface area (Å²) in [6.07, 6.45) is 7.35. The number of fused-ring (bicyclic) bond motifs is 1. The molecule has 2 saturated carbocycles. The number of hydrogen-bond donors (Lipinski definition) is 4. The van der Waals surface area contributed by atoms with E-state index in [0.717, 1.165) is 24.8 Å². The van der Waals surface area contributed by atoms with Gasteiger partial charge in [-0.05, 0) is 49.4 Å². The van der Waals surface area contributed by atoms with Crippen LogP contribution in [-0.2, 0) is 9.59 Å². The van der Waals surface area contributed by atoms with Crippen LogP contribution in [0.3, 0.4) is 0 Å². The molecule has 1 amide bonds. The standard InChI is InChI=1S/C25H41NO5S/c1-7-16(2)9-10-19-24(6)12-8-11-23(4,5)20(24)13-21(28)25(19,31)15-32-14-18(22(29)30)26-17(3)27/h7,9,18-21,28,31H,1,8,10-15H2,2-6H3,(H,26,27)(H,29,30)/b16-9+. The number of hydrogen-bond acceptors (Lipinski definition) is 5. The summed E-state index contributed by atoms with van der Waals surface area (Å²) < 4.78 is 0. The highest BCUT2D eigenvalue weighted by molar-refractivity contribution is 7.99. The molecule has 0 spiro atoms. The molecule has 6 unspecified atom stereocenters. The molecule has 2 aliphatic rings. The lowest BCUT2D eigenvalue weighted by atomic mass is 9.44. The molecule has 32 heavy (non-hydrogen) atoms. The van der Waals surface area contributed by atoms with Crippen molar-refractivity contribution in [2.24, 2.45) is 22.7 Å². The molecule has 0 aliphatic heterocycles. The molecule has 2 rings (SSSR count). The van der Waals surface area contributed by atoms with E-state index >= 15 is 0 Å². The summed E-state index contributed by atoms with van der Waals surface area (Å²) in [5.41, 5.74) is -0.372. The van der Waals surface area contributed by atoms with Gasteiger partial charge in [0, 0.05) is 24.3 Å². The number of carboxylic acids is 1. The van der Waals surface area contributed by atoms with Crippen molar-refractivity contribution >= 4 is 23.6 Å². The molecule has 7 heteroatoms. The SMILES string of the molecule is C=C/C(C)=C/CC1C2(C)CCCC(C)(C)C2CC(O)C1(O)CSCC(NC(C)=O)C(=O)O. The molecule has 4 N–H and O–H groups in total. The first-order valence-electron chi connectivity index (χ1n) is 11.5. The van der Waals surface area contributed by atoms with E-state index in [1.807, 2.05) is 6.92 Å². The van der Waals surface area contributed by atoms with Crippen molar-refractivity contribution in [3.8, 4) is 0 Å². The first-order chi connectivity index (χ1) is 14.8. The van der Waals surface area contributed by atoms with Gasteiger partial charge in [-0.1, -0.05) is 51.5 Å². The fourth-order valence-corrected chi connectivity index (χ4v) is 7.52. The average molecular weight is 468 g/mol. The van der Waals surface area contributed by atoms with Crippen LogP contribution in [0.5, 0.6) is 0 Å². The van der Waals surface area contributed by atoms with Crippen LogP contribution in [0, 0.1) is 22.7 Å². The van der Waals surface area contributed by atoms with Crippen LogP contribution in [-0.4, -0.2) is 56.4 Å². The van der Waals surface area contributed by atoms with E-state index in [0.29, 0.717) is 12.8 Å². The van der Waals surface area contributed by atoms with Crippen LogP contribution in [0.15, 0.2) is 24.3 Å². The monoisotopic (exact) mass is 467 g/mol. The van der Waals surface area contributed by atoms with E-state index < -0.39 is 29.6 Å². The minimum Gasteiger partial charge on any atom is -0.480 e. The molecule has 182 valence electrons. The van der Waals surface area contributed by atoms with Crippen molar-refractivity contribution in [3.05, 3.63) is 24.3 Å². The van der Waals surface area contributed by atoms with Crippen LogP contribution in [0.4, 0.5) is 0 Å². The first kappa shape index (κ1) is 26.9. The maximum Gasteiger partial charge on any atom is 0.327 e. The lowest BCUT2D eigenvalue weighted by molar-refractivity contribution is -0.215. The van der Waals surface area contributed by atoms with Crippen LogP contribution in [0.2, 0.25) is 0 Å². The summed E-state index contributed by atoms with van der Waals surface area (Å²) in [6, 6.07) is -1.03. The van der Waals surface area contributed by atoms with Crippen molar-refractivity contribution in [1.29, 1.82) is 0 Å². The topological polar surface area (TPSA) is 107 Å². The number of carboxylic acid groups (broad SMARTS) is 1. The number of amides is 1. The van der Waals surface area contributed by atoms with E-state index in [1.54, 1.807) is 6.08 Å². The van der Waals surface area contributed by atoms with Gasteiger partial charge in [-0.2, -0.15) is 11.8 Å². The Morgan fingerprint density at radius 1 is 1.25 bits per heavy atom.